The number of carboxylic acid groups (broad SMARTS) is 1. The van der Waals surface area contributed by atoms with Gasteiger partial charge in [0, 0.05) is 130 Å². The lowest BCUT2D eigenvalue weighted by Gasteiger charge is -2.34. The summed E-state index contributed by atoms with van der Waals surface area (Å²) in [5.74, 6) is -7.45. The molecule has 0 unspecified atom stereocenters. The molecule has 3 heterocycles. The molecule has 0 spiro atoms. The standard InChI is InChI=1S/C58H94N14O19S3/c1-8-17-69-20-21-70(18-9-2)24-26-72(27-25-71(23-22-69)28-30-91-89-7)37-51(74)64-48(39-93(84,85)86)56(78)65-47(38-92(81,82)83)55(77)60-15-14-59-50(73)11-10-29-90-43-31-40(3)53(41(4)32-43)94(87,88)66-46(57(79)80)35-62-54(76)45-36-68(6)49-33-42(12-13-44(49)52(45)75)34-63-58-61-16-19-67(58)5/h12-13,16,19,31-33,36,46-48,66,81-86H,8-11,14-15,17-18,20-30,34-35,37-39H2,1-7H3,(H,59,73)(H,60,77)(H,61,63)(H,62,76)(H,64,74)(H,65,78)(H,79,80)/t46-,47-,48-/m0/s1. The first-order valence-corrected chi connectivity index (χ1v) is 35.5. The molecule has 528 valence electrons. The van der Waals surface area contributed by atoms with Crippen LogP contribution < -0.4 is 46.8 Å². The number of aliphatic carboxylic acids is 1. The van der Waals surface area contributed by atoms with E-state index in [1.165, 1.54) is 39.3 Å². The topological polar surface area (TPSA) is 443 Å². The van der Waals surface area contributed by atoms with Gasteiger partial charge in [-0.25, -0.2) is 23.2 Å². The summed E-state index contributed by atoms with van der Waals surface area (Å²) in [4.78, 5) is 116. The van der Waals surface area contributed by atoms with Crippen molar-refractivity contribution in [3.05, 3.63) is 81.4 Å². The molecule has 0 bridgehead atoms. The molecule has 33 nitrogen and oxygen atoms in total. The second-order valence-corrected chi connectivity index (χ2v) is 27.7. The fourth-order valence-electron chi connectivity index (χ4n) is 10.5. The number of carbonyl (C=O) groups excluding carboxylic acids is 5. The Morgan fingerprint density at radius 2 is 1.27 bits per heavy atom. The first-order valence-electron chi connectivity index (χ1n) is 30.7. The van der Waals surface area contributed by atoms with Crippen LogP contribution in [0.15, 0.2) is 58.6 Å². The zero-order valence-electron chi connectivity index (χ0n) is 54.2. The van der Waals surface area contributed by atoms with Crippen LogP contribution in [-0.2, 0) is 64.4 Å². The normalized spacial score (nSPS) is 15.8. The van der Waals surface area contributed by atoms with Gasteiger partial charge in [0.2, 0.25) is 45.0 Å². The maximum Gasteiger partial charge on any atom is 0.323 e. The Morgan fingerprint density at radius 3 is 1.82 bits per heavy atom. The van der Waals surface area contributed by atoms with Crippen LogP contribution in [0.5, 0.6) is 5.75 Å². The molecule has 2 aromatic carbocycles. The van der Waals surface area contributed by atoms with Crippen LogP contribution in [0.1, 0.15) is 66.6 Å². The Labute approximate surface area is 550 Å². The van der Waals surface area contributed by atoms with Crippen molar-refractivity contribution in [2.75, 3.05) is 135 Å². The van der Waals surface area contributed by atoms with Crippen LogP contribution in [0.2, 0.25) is 0 Å². The third-order valence-electron chi connectivity index (χ3n) is 15.1. The van der Waals surface area contributed by atoms with Gasteiger partial charge in [-0.15, -0.1) is 0 Å². The zero-order chi connectivity index (χ0) is 69.3. The highest BCUT2D eigenvalue weighted by Crippen LogP contribution is 2.35. The molecule has 0 saturated carbocycles. The number of anilines is 1. The Morgan fingerprint density at radius 1 is 0.691 bits per heavy atom. The third kappa shape index (κ3) is 26.2. The first kappa shape index (κ1) is 78.1. The lowest BCUT2D eigenvalue weighted by Crippen LogP contribution is -2.58. The molecule has 36 heteroatoms. The smallest absolute Gasteiger partial charge is 0.323 e. The van der Waals surface area contributed by atoms with Crippen LogP contribution in [0, 0.1) is 13.8 Å². The highest BCUT2D eigenvalue weighted by atomic mass is 32.3. The van der Waals surface area contributed by atoms with Gasteiger partial charge in [-0.05, 0) is 87.2 Å². The number of ether oxygens (including phenoxy) is 1. The van der Waals surface area contributed by atoms with E-state index in [1.807, 2.05) is 11.9 Å². The molecule has 0 radical (unpaired) electrons. The minimum Gasteiger partial charge on any atom is -0.494 e. The monoisotopic (exact) mass is 1390 g/mol. The summed E-state index contributed by atoms with van der Waals surface area (Å²) in [6.07, 6.45) is 6.71. The number of nitrogens with zero attached hydrogens (tertiary/aromatic N) is 7. The van der Waals surface area contributed by atoms with Crippen LogP contribution in [0.3, 0.4) is 0 Å². The molecule has 5 rings (SSSR count). The summed E-state index contributed by atoms with van der Waals surface area (Å²) in [6.45, 7) is 13.8. The van der Waals surface area contributed by atoms with Gasteiger partial charge in [-0.2, -0.15) is 4.72 Å². The van der Waals surface area contributed by atoms with E-state index in [9.17, 15) is 74.4 Å². The predicted molar refractivity (Wildman–Crippen MR) is 354 cm³/mol. The molecule has 1 saturated heterocycles. The summed E-state index contributed by atoms with van der Waals surface area (Å²) in [7, 11) is -8.60. The maximum atomic E-state index is 13.7. The maximum absolute atomic E-state index is 13.7. The van der Waals surface area contributed by atoms with Gasteiger partial charge in [0.1, 0.15) is 29.4 Å². The van der Waals surface area contributed by atoms with Gasteiger partial charge in [0.15, 0.2) is 0 Å². The number of sulfonamides is 1. The fraction of sp³-hybridized carbons (Fsp3) is 0.586. The Balaban J connectivity index is 1.10. The van der Waals surface area contributed by atoms with E-state index in [1.54, 1.807) is 46.8 Å². The van der Waals surface area contributed by atoms with Gasteiger partial charge >= 0.3 is 5.97 Å². The number of imidazole rings is 1. The van der Waals surface area contributed by atoms with Gasteiger partial charge in [-0.1, -0.05) is 19.9 Å². The average Bonchev–Trinajstić information content (AvgIpc) is 0.834. The summed E-state index contributed by atoms with van der Waals surface area (Å²) in [5.41, 5.74) is 0.798. The van der Waals surface area contributed by atoms with Crippen LogP contribution in [-0.4, -0.2) is 258 Å². The summed E-state index contributed by atoms with van der Waals surface area (Å²) in [5, 5.41) is 25.4. The number of nitrogens with one attached hydrogen (secondary N) is 7. The quantitative estimate of drug-likeness (QED) is 0.0172. The van der Waals surface area contributed by atoms with Crippen molar-refractivity contribution >= 4 is 84.1 Å². The lowest BCUT2D eigenvalue weighted by atomic mass is 10.1. The molecule has 5 amide bonds. The number of pyridine rings is 1. The number of aryl methyl sites for hydroxylation is 4. The number of carboxylic acids is 1. The SMILES string of the molecule is CCCN1CCN(CCC)CCN(CC(=O)N[C@@H](CS(O)(O)O)C(=O)N[C@@H](CS(O)(O)O)C(=O)NCCNC(=O)CCCOc2cc(C)c(S(=O)(=O)N[C@@H](CNC(=O)c3cn(C)c4cc(CNc5nccn5C)ccc4c3=O)C(=O)O)c(C)c2)CCN(CCOOC)CC1. The number of amides is 5. The number of carbonyl (C=O) groups is 6. The van der Waals surface area contributed by atoms with E-state index in [2.05, 4.69) is 70.2 Å². The molecule has 0 aliphatic carbocycles. The molecule has 3 atom stereocenters. The van der Waals surface area contributed by atoms with Gasteiger partial charge < -0.3 is 88.0 Å². The Bertz CT molecular complexity index is 3330. The van der Waals surface area contributed by atoms with Crippen molar-refractivity contribution in [1.29, 1.82) is 0 Å². The van der Waals surface area contributed by atoms with Crippen LogP contribution >= 0.6 is 21.7 Å². The Hall–Kier alpha value is -6.59. The van der Waals surface area contributed by atoms with Crippen molar-refractivity contribution in [3.8, 4) is 5.75 Å². The second-order valence-electron chi connectivity index (χ2n) is 22.8. The largest absolute Gasteiger partial charge is 0.494 e. The van der Waals surface area contributed by atoms with Crippen molar-refractivity contribution in [2.45, 2.75) is 82.9 Å². The van der Waals surface area contributed by atoms with Crippen molar-refractivity contribution in [2.24, 2.45) is 14.1 Å². The van der Waals surface area contributed by atoms with Crippen molar-refractivity contribution < 1.29 is 84.1 Å². The van der Waals surface area contributed by atoms with Gasteiger partial charge in [-0.3, -0.25) is 43.4 Å². The number of hydrogen-bond donors (Lipinski definition) is 14. The molecule has 2 aromatic heterocycles. The van der Waals surface area contributed by atoms with E-state index in [4.69, 9.17) is 14.5 Å². The molecule has 4 aromatic rings. The van der Waals surface area contributed by atoms with E-state index < -0.39 is 109 Å². The van der Waals surface area contributed by atoms with Gasteiger partial charge in [0.25, 0.3) is 5.91 Å². The molecule has 1 fully saturated rings. The van der Waals surface area contributed by atoms with E-state index in [0.29, 0.717) is 63.9 Å². The fourth-order valence-corrected chi connectivity index (χ4v) is 13.5. The number of hydrogen-bond acceptors (Lipinski definition) is 24. The molecule has 1 aliphatic rings. The summed E-state index contributed by atoms with van der Waals surface area (Å²) >= 11 is 0. The summed E-state index contributed by atoms with van der Waals surface area (Å²) in [6, 6.07) is 2.27. The summed E-state index contributed by atoms with van der Waals surface area (Å²) < 4.78 is 98.8. The van der Waals surface area contributed by atoms with Crippen LogP contribution in [0.25, 0.3) is 10.9 Å². The Kier molecular flexibility index (Phi) is 31.3. The zero-order valence-corrected chi connectivity index (χ0v) is 56.7. The number of rotatable bonds is 36. The third-order valence-corrected chi connectivity index (χ3v) is 18.5. The molecule has 14 N–H and O–H groups in total. The number of benzene rings is 2. The minimum atomic E-state index is -4.56. The number of aromatic nitrogens is 3. The minimum absolute atomic E-state index is 0.0274. The van der Waals surface area contributed by atoms with Crippen molar-refractivity contribution in [1.82, 2.24) is 65.0 Å². The van der Waals surface area contributed by atoms with E-state index in [0.717, 1.165) is 51.1 Å². The highest BCUT2D eigenvalue weighted by molar-refractivity contribution is 8.19. The van der Waals surface area contributed by atoms with E-state index >= 15 is 0 Å². The first-order chi connectivity index (χ1) is 44.4. The molecule has 1 aliphatic heterocycles. The molecular weight excluding hydrogens is 1290 g/mol. The van der Waals surface area contributed by atoms with Crippen molar-refractivity contribution in [3.63, 3.8) is 0 Å². The van der Waals surface area contributed by atoms with Gasteiger partial charge in [0.05, 0.1) is 70.5 Å². The van der Waals surface area contributed by atoms with E-state index in [-0.39, 0.29) is 71.8 Å². The average molecular weight is 1390 g/mol. The number of fused-ring (bicyclic) bond motifs is 1. The second kappa shape index (κ2) is 37.6. The lowest BCUT2D eigenvalue weighted by molar-refractivity contribution is -0.273. The predicted octanol–water partition coefficient (Wildman–Crippen LogP) is 1.09. The molecular formula is C58H94N14O19S3. The van der Waals surface area contributed by atoms with Crippen LogP contribution in [0.4, 0.5) is 5.95 Å². The molecule has 94 heavy (non-hydrogen) atoms. The highest BCUT2D eigenvalue weighted by Gasteiger charge is 2.35.